The molecule has 0 spiro atoms. The van der Waals surface area contributed by atoms with Crippen LogP contribution in [0.15, 0.2) is 42.5 Å². The van der Waals surface area contributed by atoms with Gasteiger partial charge in [-0.1, -0.05) is 0 Å². The standard InChI is InChI=1S/C19H17F2NO4S/c20-13-3-6-17(16(21)9-13)26-15-4-1-12(2-5-15)19(25)22-7-8-27-11-14(22)10-18(23)24/h1-6,9,14H,7-8,10-11H2,(H,23,24). The summed E-state index contributed by atoms with van der Waals surface area (Å²) in [5, 5.41) is 9.03. The van der Waals surface area contributed by atoms with E-state index in [4.69, 9.17) is 9.84 Å². The molecule has 1 saturated heterocycles. The van der Waals surface area contributed by atoms with Gasteiger partial charge >= 0.3 is 5.97 Å². The third-order valence-electron chi connectivity index (χ3n) is 4.12. The van der Waals surface area contributed by atoms with Crippen LogP contribution < -0.4 is 4.74 Å². The number of hydrogen-bond donors (Lipinski definition) is 1. The van der Waals surface area contributed by atoms with Crippen LogP contribution in [-0.4, -0.2) is 46.0 Å². The number of carboxylic acids is 1. The van der Waals surface area contributed by atoms with Gasteiger partial charge in [0.2, 0.25) is 0 Å². The molecular weight excluding hydrogens is 376 g/mol. The maximum atomic E-state index is 13.7. The van der Waals surface area contributed by atoms with Gasteiger partial charge in [-0.2, -0.15) is 11.8 Å². The Balaban J connectivity index is 1.72. The van der Waals surface area contributed by atoms with Crippen LogP contribution in [0.1, 0.15) is 16.8 Å². The molecule has 2 aromatic carbocycles. The zero-order valence-electron chi connectivity index (χ0n) is 14.2. The molecule has 142 valence electrons. The number of thioether (sulfide) groups is 1. The predicted molar refractivity (Wildman–Crippen MR) is 97.3 cm³/mol. The summed E-state index contributed by atoms with van der Waals surface area (Å²) in [4.78, 5) is 25.3. The van der Waals surface area contributed by atoms with Gasteiger partial charge in [0.05, 0.1) is 12.5 Å². The summed E-state index contributed by atoms with van der Waals surface area (Å²) >= 11 is 1.63. The maximum absolute atomic E-state index is 13.7. The highest BCUT2D eigenvalue weighted by atomic mass is 32.2. The van der Waals surface area contributed by atoms with Crippen LogP contribution >= 0.6 is 11.8 Å². The zero-order chi connectivity index (χ0) is 19.4. The average Bonchev–Trinajstić information content (AvgIpc) is 2.64. The van der Waals surface area contributed by atoms with Crippen LogP contribution in [0.4, 0.5) is 8.78 Å². The molecule has 0 bridgehead atoms. The Morgan fingerprint density at radius 2 is 1.93 bits per heavy atom. The Labute approximate surface area is 158 Å². The van der Waals surface area contributed by atoms with E-state index in [1.54, 1.807) is 28.8 Å². The van der Waals surface area contributed by atoms with E-state index in [1.165, 1.54) is 18.2 Å². The number of hydrogen-bond acceptors (Lipinski definition) is 4. The molecule has 0 saturated carbocycles. The predicted octanol–water partition coefficient (Wildman–Crippen LogP) is 3.79. The van der Waals surface area contributed by atoms with Gasteiger partial charge in [-0.25, -0.2) is 8.78 Å². The first-order valence-corrected chi connectivity index (χ1v) is 9.43. The van der Waals surface area contributed by atoms with E-state index in [9.17, 15) is 18.4 Å². The smallest absolute Gasteiger partial charge is 0.305 e. The minimum Gasteiger partial charge on any atom is -0.481 e. The summed E-state index contributed by atoms with van der Waals surface area (Å²) in [7, 11) is 0. The number of carbonyl (C=O) groups excluding carboxylic acids is 1. The van der Waals surface area contributed by atoms with Crippen molar-refractivity contribution in [2.75, 3.05) is 18.1 Å². The summed E-state index contributed by atoms with van der Waals surface area (Å²) in [5.41, 5.74) is 0.393. The van der Waals surface area contributed by atoms with Crippen molar-refractivity contribution < 1.29 is 28.2 Å². The van der Waals surface area contributed by atoms with Gasteiger partial charge in [0, 0.05) is 29.7 Å². The van der Waals surface area contributed by atoms with E-state index in [2.05, 4.69) is 0 Å². The Bertz CT molecular complexity index is 844. The van der Waals surface area contributed by atoms with Crippen LogP contribution in [0, 0.1) is 11.6 Å². The molecule has 1 aliphatic heterocycles. The second kappa shape index (κ2) is 8.39. The van der Waals surface area contributed by atoms with Crippen LogP contribution in [0.5, 0.6) is 11.5 Å². The highest BCUT2D eigenvalue weighted by Gasteiger charge is 2.29. The maximum Gasteiger partial charge on any atom is 0.305 e. The van der Waals surface area contributed by atoms with E-state index < -0.39 is 17.6 Å². The number of carbonyl (C=O) groups is 2. The van der Waals surface area contributed by atoms with Gasteiger partial charge in [-0.05, 0) is 36.4 Å². The molecule has 1 atom stereocenters. The lowest BCUT2D eigenvalue weighted by molar-refractivity contribution is -0.138. The molecule has 1 amide bonds. The van der Waals surface area contributed by atoms with Gasteiger partial charge < -0.3 is 14.7 Å². The Morgan fingerprint density at radius 1 is 1.19 bits per heavy atom. The topological polar surface area (TPSA) is 66.8 Å². The number of amides is 1. The lowest BCUT2D eigenvalue weighted by Gasteiger charge is -2.34. The molecule has 5 nitrogen and oxygen atoms in total. The van der Waals surface area contributed by atoms with Crippen molar-refractivity contribution in [2.24, 2.45) is 0 Å². The Morgan fingerprint density at radius 3 is 2.59 bits per heavy atom. The molecule has 3 rings (SSSR count). The number of aliphatic carboxylic acids is 1. The fraction of sp³-hybridized carbons (Fsp3) is 0.263. The first-order chi connectivity index (χ1) is 12.9. The van der Waals surface area contributed by atoms with Crippen molar-refractivity contribution in [3.63, 3.8) is 0 Å². The highest BCUT2D eigenvalue weighted by molar-refractivity contribution is 7.99. The summed E-state index contributed by atoms with van der Waals surface area (Å²) in [5.74, 6) is -1.19. The monoisotopic (exact) mass is 393 g/mol. The molecule has 0 aromatic heterocycles. The fourth-order valence-corrected chi connectivity index (χ4v) is 3.87. The van der Waals surface area contributed by atoms with Crippen LogP contribution in [0.3, 0.4) is 0 Å². The number of benzene rings is 2. The molecule has 1 fully saturated rings. The molecule has 1 unspecified atom stereocenters. The van der Waals surface area contributed by atoms with Crippen LogP contribution in [-0.2, 0) is 4.79 Å². The van der Waals surface area contributed by atoms with Gasteiger partial charge in [0.25, 0.3) is 5.91 Å². The van der Waals surface area contributed by atoms with Gasteiger partial charge in [-0.15, -0.1) is 0 Å². The van der Waals surface area contributed by atoms with Gasteiger partial charge in [0.15, 0.2) is 11.6 Å². The minimum atomic E-state index is -0.939. The van der Waals surface area contributed by atoms with Crippen molar-refractivity contribution in [3.8, 4) is 11.5 Å². The largest absolute Gasteiger partial charge is 0.481 e. The Hall–Kier alpha value is -2.61. The lowest BCUT2D eigenvalue weighted by Crippen LogP contribution is -2.47. The molecule has 0 aliphatic carbocycles. The highest BCUT2D eigenvalue weighted by Crippen LogP contribution is 2.26. The molecule has 1 N–H and O–H groups in total. The number of carboxylic acid groups (broad SMARTS) is 1. The molecule has 0 radical (unpaired) electrons. The number of ether oxygens (including phenoxy) is 1. The van der Waals surface area contributed by atoms with Crippen molar-refractivity contribution in [1.82, 2.24) is 4.90 Å². The molecule has 8 heteroatoms. The third-order valence-corrected chi connectivity index (χ3v) is 5.21. The first-order valence-electron chi connectivity index (χ1n) is 8.27. The van der Waals surface area contributed by atoms with E-state index in [-0.39, 0.29) is 24.1 Å². The van der Waals surface area contributed by atoms with Gasteiger partial charge in [-0.3, -0.25) is 9.59 Å². The van der Waals surface area contributed by atoms with E-state index in [1.807, 2.05) is 0 Å². The molecule has 1 aliphatic rings. The SMILES string of the molecule is O=C(O)CC1CSCCN1C(=O)c1ccc(Oc2ccc(F)cc2F)cc1. The second-order valence-corrected chi connectivity index (χ2v) is 7.18. The third kappa shape index (κ3) is 4.77. The lowest BCUT2D eigenvalue weighted by atomic mass is 10.1. The van der Waals surface area contributed by atoms with Crippen molar-refractivity contribution in [2.45, 2.75) is 12.5 Å². The first kappa shape index (κ1) is 19.2. The van der Waals surface area contributed by atoms with E-state index >= 15 is 0 Å². The van der Waals surface area contributed by atoms with E-state index in [0.29, 0.717) is 23.6 Å². The summed E-state index contributed by atoms with van der Waals surface area (Å²) in [6.07, 6.45) is -0.0935. The second-order valence-electron chi connectivity index (χ2n) is 6.03. The minimum absolute atomic E-state index is 0.0935. The summed E-state index contributed by atoms with van der Waals surface area (Å²) in [6, 6.07) is 8.76. The number of halogens is 2. The Kier molecular flexibility index (Phi) is 5.95. The van der Waals surface area contributed by atoms with Crippen LogP contribution in [0.25, 0.3) is 0 Å². The quantitative estimate of drug-likeness (QED) is 0.837. The molecule has 1 heterocycles. The molecule has 27 heavy (non-hydrogen) atoms. The normalized spacial score (nSPS) is 16.8. The molecular formula is C19H17F2NO4S. The zero-order valence-corrected chi connectivity index (χ0v) is 15.0. The average molecular weight is 393 g/mol. The fourth-order valence-electron chi connectivity index (χ4n) is 2.81. The van der Waals surface area contributed by atoms with Gasteiger partial charge in [0.1, 0.15) is 11.6 Å². The van der Waals surface area contributed by atoms with Crippen molar-refractivity contribution in [3.05, 3.63) is 59.7 Å². The number of rotatable bonds is 5. The van der Waals surface area contributed by atoms with Crippen LogP contribution in [0.2, 0.25) is 0 Å². The summed E-state index contributed by atoms with van der Waals surface area (Å²) < 4.78 is 32.0. The van der Waals surface area contributed by atoms with Crippen molar-refractivity contribution in [1.29, 1.82) is 0 Å². The number of nitrogens with zero attached hydrogens (tertiary/aromatic N) is 1. The molecule has 2 aromatic rings. The summed E-state index contributed by atoms with van der Waals surface area (Å²) in [6.45, 7) is 0.487. The van der Waals surface area contributed by atoms with Crippen molar-refractivity contribution >= 4 is 23.6 Å². The van der Waals surface area contributed by atoms with E-state index in [0.717, 1.165) is 17.9 Å².